The average Bonchev–Trinajstić information content (AvgIpc) is 2.61. The molecule has 0 aliphatic rings. The van der Waals surface area contributed by atoms with Gasteiger partial charge >= 0.3 is 0 Å². The Hall–Kier alpha value is -3.69. The molecule has 10 heteroatoms. The quantitative estimate of drug-likeness (QED) is 0.463. The molecule has 25 heavy (non-hydrogen) atoms. The number of rotatable bonds is 7. The summed E-state index contributed by atoms with van der Waals surface area (Å²) in [6.45, 7) is 0. The van der Waals surface area contributed by atoms with E-state index >= 15 is 0 Å². The number of methoxy groups -OCH3 is 2. The van der Waals surface area contributed by atoms with E-state index in [0.717, 1.165) is 0 Å². The fourth-order valence-electron chi connectivity index (χ4n) is 2.04. The highest BCUT2D eigenvalue weighted by Gasteiger charge is 2.18. The van der Waals surface area contributed by atoms with Gasteiger partial charge in [0.05, 0.1) is 41.9 Å². The Morgan fingerprint density at radius 3 is 2.20 bits per heavy atom. The largest absolute Gasteiger partial charge is 0.493 e. The van der Waals surface area contributed by atoms with Crippen LogP contribution in [0.5, 0.6) is 11.5 Å². The van der Waals surface area contributed by atoms with E-state index in [-0.39, 0.29) is 28.4 Å². The molecule has 0 fully saturated rings. The maximum Gasteiger partial charge on any atom is 0.294 e. The molecule has 10 nitrogen and oxygen atoms in total. The Balaban J connectivity index is 2.35. The van der Waals surface area contributed by atoms with Crippen LogP contribution in [0.3, 0.4) is 0 Å². The average molecular weight is 346 g/mol. The van der Waals surface area contributed by atoms with Crippen molar-refractivity contribution in [3.8, 4) is 11.5 Å². The van der Waals surface area contributed by atoms with Gasteiger partial charge in [0.15, 0.2) is 11.5 Å². The van der Waals surface area contributed by atoms with Gasteiger partial charge in [-0.15, -0.1) is 0 Å². The second-order valence-electron chi connectivity index (χ2n) is 4.67. The molecule has 0 atom stereocenters. The molecular weight excluding hydrogens is 332 g/mol. The maximum absolute atomic E-state index is 11.2. The third kappa shape index (κ3) is 3.99. The number of hydrogen-bond acceptors (Lipinski definition) is 8. The summed E-state index contributed by atoms with van der Waals surface area (Å²) >= 11 is 0. The molecule has 0 heterocycles. The van der Waals surface area contributed by atoms with Crippen LogP contribution in [0.25, 0.3) is 0 Å². The molecule has 2 rings (SSSR count). The van der Waals surface area contributed by atoms with Crippen LogP contribution in [-0.2, 0) is 0 Å². The zero-order valence-electron chi connectivity index (χ0n) is 13.3. The predicted octanol–water partition coefficient (Wildman–Crippen LogP) is 2.97. The maximum atomic E-state index is 11.2. The van der Waals surface area contributed by atoms with Crippen molar-refractivity contribution in [3.05, 3.63) is 62.2 Å². The summed E-state index contributed by atoms with van der Waals surface area (Å²) in [7, 11) is 2.77. The summed E-state index contributed by atoms with van der Waals surface area (Å²) in [4.78, 5) is 21.0. The lowest BCUT2D eigenvalue weighted by Crippen LogP contribution is -2.00. The zero-order chi connectivity index (χ0) is 18.4. The summed E-state index contributed by atoms with van der Waals surface area (Å²) in [5, 5.41) is 26.0. The molecule has 0 saturated heterocycles. The van der Waals surface area contributed by atoms with Gasteiger partial charge in [0.25, 0.3) is 11.4 Å². The smallest absolute Gasteiger partial charge is 0.294 e. The molecular formula is C15H14N4O6. The minimum atomic E-state index is -0.589. The van der Waals surface area contributed by atoms with Gasteiger partial charge in [-0.2, -0.15) is 5.10 Å². The number of nitrogens with zero attached hydrogens (tertiary/aromatic N) is 3. The van der Waals surface area contributed by atoms with Crippen molar-refractivity contribution >= 4 is 23.3 Å². The Kier molecular flexibility index (Phi) is 5.46. The lowest BCUT2D eigenvalue weighted by molar-refractivity contribution is -0.385. The zero-order valence-corrected chi connectivity index (χ0v) is 13.3. The van der Waals surface area contributed by atoms with Crippen LogP contribution in [0.15, 0.2) is 41.5 Å². The first-order valence-electron chi connectivity index (χ1n) is 6.90. The molecule has 0 aromatic heterocycles. The van der Waals surface area contributed by atoms with Crippen molar-refractivity contribution in [1.29, 1.82) is 0 Å². The lowest BCUT2D eigenvalue weighted by atomic mass is 10.1. The number of nitro benzene ring substituents is 2. The summed E-state index contributed by atoms with van der Waals surface area (Å²) in [6.07, 6.45) is 1.18. The predicted molar refractivity (Wildman–Crippen MR) is 90.5 cm³/mol. The molecule has 1 N–H and O–H groups in total. The van der Waals surface area contributed by atoms with Gasteiger partial charge < -0.3 is 9.47 Å². The van der Waals surface area contributed by atoms with E-state index in [0.29, 0.717) is 5.75 Å². The lowest BCUT2D eigenvalue weighted by Gasteiger charge is -2.08. The third-order valence-corrected chi connectivity index (χ3v) is 3.22. The van der Waals surface area contributed by atoms with Crippen molar-refractivity contribution in [3.63, 3.8) is 0 Å². The third-order valence-electron chi connectivity index (χ3n) is 3.22. The molecule has 0 bridgehead atoms. The van der Waals surface area contributed by atoms with Gasteiger partial charge in [0, 0.05) is 6.07 Å². The number of para-hydroxylation sites is 2. The highest BCUT2D eigenvalue weighted by atomic mass is 16.6. The molecule has 0 aliphatic carbocycles. The summed E-state index contributed by atoms with van der Waals surface area (Å²) in [6, 6.07) is 8.51. The first-order chi connectivity index (χ1) is 12.0. The fourth-order valence-corrected chi connectivity index (χ4v) is 2.04. The molecule has 0 unspecified atom stereocenters. The molecule has 0 radical (unpaired) electrons. The van der Waals surface area contributed by atoms with Crippen molar-refractivity contribution in [1.82, 2.24) is 0 Å². The molecule has 0 spiro atoms. The van der Waals surface area contributed by atoms with Crippen LogP contribution in [0.2, 0.25) is 0 Å². The van der Waals surface area contributed by atoms with E-state index in [4.69, 9.17) is 9.47 Å². The highest BCUT2D eigenvalue weighted by Crippen LogP contribution is 2.33. The van der Waals surface area contributed by atoms with E-state index in [9.17, 15) is 20.2 Å². The monoisotopic (exact) mass is 346 g/mol. The number of nitro groups is 2. The van der Waals surface area contributed by atoms with E-state index in [1.165, 1.54) is 50.8 Å². The molecule has 130 valence electrons. The van der Waals surface area contributed by atoms with Crippen molar-refractivity contribution in [2.75, 3.05) is 19.6 Å². The standard InChI is InChI=1S/C15H14N4O6/c1-24-14-7-10(13(19(22)23)8-15(14)25-2)9-16-17-11-5-3-4-6-12(11)18(20)21/h3-9,17H,1-2H3/b16-9+. The molecule has 0 amide bonds. The first-order valence-corrected chi connectivity index (χ1v) is 6.90. The Labute approximate surface area is 142 Å². The van der Waals surface area contributed by atoms with Crippen molar-refractivity contribution in [2.45, 2.75) is 0 Å². The number of hydrazone groups is 1. The van der Waals surface area contributed by atoms with Gasteiger partial charge in [-0.3, -0.25) is 25.7 Å². The topological polar surface area (TPSA) is 129 Å². The molecule has 2 aromatic carbocycles. The van der Waals surface area contributed by atoms with Crippen LogP contribution < -0.4 is 14.9 Å². The van der Waals surface area contributed by atoms with Crippen LogP contribution in [-0.4, -0.2) is 30.3 Å². The second-order valence-corrected chi connectivity index (χ2v) is 4.67. The normalized spacial score (nSPS) is 10.5. The van der Waals surface area contributed by atoms with Crippen LogP contribution in [0.1, 0.15) is 5.56 Å². The van der Waals surface area contributed by atoms with Gasteiger partial charge in [-0.05, 0) is 12.1 Å². The van der Waals surface area contributed by atoms with Gasteiger partial charge in [0.1, 0.15) is 5.69 Å². The number of ether oxygens (including phenoxy) is 2. The Morgan fingerprint density at radius 1 is 1.00 bits per heavy atom. The Morgan fingerprint density at radius 2 is 1.60 bits per heavy atom. The SMILES string of the molecule is COc1cc(/C=N/Nc2ccccc2[N+](=O)[O-])c([N+](=O)[O-])cc1OC. The van der Waals surface area contributed by atoms with Crippen LogP contribution in [0, 0.1) is 20.2 Å². The fraction of sp³-hybridized carbons (Fsp3) is 0.133. The van der Waals surface area contributed by atoms with Gasteiger partial charge in [0.2, 0.25) is 0 Å². The summed E-state index contributed by atoms with van der Waals surface area (Å²) in [5.41, 5.74) is 2.40. The minimum Gasteiger partial charge on any atom is -0.493 e. The highest BCUT2D eigenvalue weighted by molar-refractivity contribution is 5.87. The number of anilines is 1. The van der Waals surface area contributed by atoms with E-state index in [2.05, 4.69) is 10.5 Å². The number of hydrogen-bond donors (Lipinski definition) is 1. The van der Waals surface area contributed by atoms with Crippen LogP contribution in [0.4, 0.5) is 17.1 Å². The number of nitrogens with one attached hydrogen (secondary N) is 1. The first kappa shape index (κ1) is 17.7. The van der Waals surface area contributed by atoms with Crippen LogP contribution >= 0.6 is 0 Å². The van der Waals surface area contributed by atoms with Gasteiger partial charge in [-0.25, -0.2) is 0 Å². The summed E-state index contributed by atoms with van der Waals surface area (Å²) < 4.78 is 10.1. The van der Waals surface area contributed by atoms with E-state index in [1.807, 2.05) is 0 Å². The molecule has 0 aliphatic heterocycles. The van der Waals surface area contributed by atoms with E-state index < -0.39 is 9.85 Å². The van der Waals surface area contributed by atoms with Crippen molar-refractivity contribution < 1.29 is 19.3 Å². The minimum absolute atomic E-state index is 0.147. The molecule has 0 saturated carbocycles. The summed E-state index contributed by atoms with van der Waals surface area (Å²) in [5.74, 6) is 0.498. The second kappa shape index (κ2) is 7.73. The number of benzene rings is 2. The van der Waals surface area contributed by atoms with E-state index in [1.54, 1.807) is 6.07 Å². The Bertz CT molecular complexity index is 837. The van der Waals surface area contributed by atoms with Gasteiger partial charge in [-0.1, -0.05) is 12.1 Å². The molecule has 2 aromatic rings. The van der Waals surface area contributed by atoms with Crippen molar-refractivity contribution in [2.24, 2.45) is 5.10 Å².